The van der Waals surface area contributed by atoms with Gasteiger partial charge in [-0.3, -0.25) is 4.68 Å². The number of imidazole rings is 1. The summed E-state index contributed by atoms with van der Waals surface area (Å²) in [6, 6.07) is 0. The van der Waals surface area contributed by atoms with Crippen LogP contribution in [-0.4, -0.2) is 25.0 Å². The van der Waals surface area contributed by atoms with Crippen LogP contribution in [0.3, 0.4) is 0 Å². The van der Waals surface area contributed by atoms with E-state index in [1.807, 2.05) is 7.05 Å². The Morgan fingerprint density at radius 1 is 1.54 bits per heavy atom. The minimum atomic E-state index is 0.686. The Morgan fingerprint density at radius 2 is 2.46 bits per heavy atom. The Kier molecular flexibility index (Phi) is 1.95. The summed E-state index contributed by atoms with van der Waals surface area (Å²) in [6.45, 7) is 0.686. The Hall–Kier alpha value is -1.85. The highest BCUT2D eigenvalue weighted by atomic mass is 15.4. The molecule has 0 amide bonds. The van der Waals surface area contributed by atoms with Gasteiger partial charge in [-0.15, -0.1) is 5.10 Å². The lowest BCUT2D eigenvalue weighted by Crippen LogP contribution is -2.05. The summed E-state index contributed by atoms with van der Waals surface area (Å²) in [5, 5.41) is 10.7. The second-order valence-electron chi connectivity index (χ2n) is 2.67. The van der Waals surface area contributed by atoms with Crippen molar-refractivity contribution in [3.63, 3.8) is 0 Å². The molecule has 0 fully saturated rings. The molecule has 0 aliphatic heterocycles. The number of nitrogens with zero attached hydrogens (tertiary/aromatic N) is 4. The number of aryl methyl sites for hydroxylation is 1. The van der Waals surface area contributed by atoms with Crippen LogP contribution in [0, 0.1) is 0 Å². The molecule has 13 heavy (non-hydrogen) atoms. The van der Waals surface area contributed by atoms with Crippen LogP contribution in [0.1, 0.15) is 5.69 Å². The lowest BCUT2D eigenvalue weighted by atomic mass is 10.4. The van der Waals surface area contributed by atoms with Crippen LogP contribution in [0.25, 0.3) is 0 Å². The minimum absolute atomic E-state index is 0.686. The average Bonchev–Trinajstić information content (AvgIpc) is 2.72. The molecule has 0 spiro atoms. The molecule has 2 heterocycles. The zero-order chi connectivity index (χ0) is 9.10. The smallest absolute Gasteiger partial charge is 0.123 e. The number of nitrogens with one attached hydrogen (secondary N) is 2. The maximum absolute atomic E-state index is 3.89. The fraction of sp³-hybridized carbons (Fsp3) is 0.286. The first-order valence-electron chi connectivity index (χ1n) is 3.92. The maximum Gasteiger partial charge on any atom is 0.123 e. The van der Waals surface area contributed by atoms with Crippen LogP contribution in [0.4, 0.5) is 5.82 Å². The lowest BCUT2D eigenvalue weighted by Gasteiger charge is -2.01. The van der Waals surface area contributed by atoms with Gasteiger partial charge in [0, 0.05) is 7.05 Å². The predicted octanol–water partition coefficient (Wildman–Crippen LogP) is 0.150. The molecule has 0 aromatic carbocycles. The van der Waals surface area contributed by atoms with E-state index in [1.54, 1.807) is 23.4 Å². The molecule has 6 nitrogen and oxygen atoms in total. The van der Waals surface area contributed by atoms with Crippen molar-refractivity contribution in [2.45, 2.75) is 6.54 Å². The summed E-state index contributed by atoms with van der Waals surface area (Å²) in [5.41, 5.74) is 1.02. The average molecular weight is 178 g/mol. The molecule has 2 aromatic heterocycles. The molecular formula is C7H10N6. The molecule has 0 unspecified atom stereocenters. The maximum atomic E-state index is 3.89. The molecular weight excluding hydrogens is 168 g/mol. The fourth-order valence-electron chi connectivity index (χ4n) is 1.01. The van der Waals surface area contributed by atoms with Crippen LogP contribution < -0.4 is 5.32 Å². The van der Waals surface area contributed by atoms with Crippen LogP contribution in [0.15, 0.2) is 18.7 Å². The molecule has 6 heteroatoms. The van der Waals surface area contributed by atoms with Crippen molar-refractivity contribution in [1.29, 1.82) is 0 Å². The van der Waals surface area contributed by atoms with Gasteiger partial charge in [0.05, 0.1) is 31.0 Å². The highest BCUT2D eigenvalue weighted by Crippen LogP contribution is 2.01. The molecule has 0 aliphatic carbocycles. The Labute approximate surface area is 75.0 Å². The van der Waals surface area contributed by atoms with Gasteiger partial charge in [0.2, 0.25) is 0 Å². The zero-order valence-corrected chi connectivity index (χ0v) is 7.23. The van der Waals surface area contributed by atoms with Gasteiger partial charge in [-0.2, -0.15) is 0 Å². The molecule has 2 aromatic rings. The molecule has 0 saturated carbocycles. The molecule has 2 N–H and O–H groups in total. The van der Waals surface area contributed by atoms with E-state index in [-0.39, 0.29) is 0 Å². The van der Waals surface area contributed by atoms with Crippen LogP contribution >= 0.6 is 0 Å². The molecule has 0 radical (unpaired) electrons. The van der Waals surface area contributed by atoms with Crippen molar-refractivity contribution in [3.8, 4) is 0 Å². The van der Waals surface area contributed by atoms with Crippen molar-refractivity contribution in [2.24, 2.45) is 7.05 Å². The summed E-state index contributed by atoms with van der Waals surface area (Å²) in [6.07, 6.45) is 5.08. The fourth-order valence-corrected chi connectivity index (χ4v) is 1.01. The van der Waals surface area contributed by atoms with E-state index in [9.17, 15) is 0 Å². The third-order valence-corrected chi connectivity index (χ3v) is 1.77. The molecule has 0 saturated heterocycles. The van der Waals surface area contributed by atoms with E-state index in [2.05, 4.69) is 25.6 Å². The number of rotatable bonds is 3. The normalized spacial score (nSPS) is 10.2. The van der Waals surface area contributed by atoms with Gasteiger partial charge in [0.25, 0.3) is 0 Å². The highest BCUT2D eigenvalue weighted by molar-refractivity contribution is 5.30. The number of hydrogen-bond acceptors (Lipinski definition) is 4. The minimum Gasteiger partial charge on any atom is -0.365 e. The van der Waals surface area contributed by atoms with E-state index in [4.69, 9.17) is 0 Å². The van der Waals surface area contributed by atoms with E-state index in [0.29, 0.717) is 6.54 Å². The second-order valence-corrected chi connectivity index (χ2v) is 2.67. The van der Waals surface area contributed by atoms with E-state index in [1.165, 1.54) is 0 Å². The molecule has 2 rings (SSSR count). The number of anilines is 1. The second kappa shape index (κ2) is 3.26. The van der Waals surface area contributed by atoms with Crippen molar-refractivity contribution in [1.82, 2.24) is 25.0 Å². The molecule has 0 aliphatic rings. The quantitative estimate of drug-likeness (QED) is 0.701. The van der Waals surface area contributed by atoms with Crippen molar-refractivity contribution in [2.75, 3.05) is 5.32 Å². The van der Waals surface area contributed by atoms with Crippen LogP contribution in [-0.2, 0) is 13.6 Å². The van der Waals surface area contributed by atoms with Gasteiger partial charge in [-0.25, -0.2) is 4.98 Å². The number of aromatic nitrogens is 5. The Bertz CT molecular complexity index is 362. The van der Waals surface area contributed by atoms with Crippen molar-refractivity contribution in [3.05, 3.63) is 24.4 Å². The first-order chi connectivity index (χ1) is 6.36. The van der Waals surface area contributed by atoms with Crippen molar-refractivity contribution < 1.29 is 0 Å². The van der Waals surface area contributed by atoms with Crippen molar-refractivity contribution >= 4 is 5.82 Å². The largest absolute Gasteiger partial charge is 0.365 e. The monoisotopic (exact) mass is 178 g/mol. The van der Waals surface area contributed by atoms with Gasteiger partial charge in [-0.1, -0.05) is 5.21 Å². The standard InChI is InChI=1S/C7H10N6/c1-13-6(3-11-12-13)2-9-7-4-8-5-10-7/h3-5,9H,2H2,1H3,(H,8,10). The third kappa shape index (κ3) is 1.66. The van der Waals surface area contributed by atoms with Gasteiger partial charge in [0.1, 0.15) is 5.82 Å². The van der Waals surface area contributed by atoms with E-state index < -0.39 is 0 Å². The summed E-state index contributed by atoms with van der Waals surface area (Å²) >= 11 is 0. The zero-order valence-electron chi connectivity index (χ0n) is 7.23. The lowest BCUT2D eigenvalue weighted by molar-refractivity contribution is 0.683. The molecule has 68 valence electrons. The van der Waals surface area contributed by atoms with Gasteiger partial charge in [0.15, 0.2) is 0 Å². The first kappa shape index (κ1) is 7.78. The van der Waals surface area contributed by atoms with Crippen LogP contribution in [0.5, 0.6) is 0 Å². The summed E-state index contributed by atoms with van der Waals surface area (Å²) in [5.74, 6) is 0.890. The predicted molar refractivity (Wildman–Crippen MR) is 46.9 cm³/mol. The first-order valence-corrected chi connectivity index (χ1v) is 3.92. The number of hydrogen-bond donors (Lipinski definition) is 2. The van der Waals surface area contributed by atoms with E-state index >= 15 is 0 Å². The summed E-state index contributed by atoms with van der Waals surface area (Å²) in [4.78, 5) is 6.84. The number of H-pyrrole nitrogens is 1. The highest BCUT2D eigenvalue weighted by Gasteiger charge is 1.99. The summed E-state index contributed by atoms with van der Waals surface area (Å²) < 4.78 is 1.73. The van der Waals surface area contributed by atoms with E-state index in [0.717, 1.165) is 11.5 Å². The SMILES string of the molecule is Cn1nncc1CNc1cnc[nH]1. The van der Waals surface area contributed by atoms with Gasteiger partial charge >= 0.3 is 0 Å². The number of aromatic amines is 1. The summed E-state index contributed by atoms with van der Waals surface area (Å²) in [7, 11) is 1.86. The van der Waals surface area contributed by atoms with Crippen LogP contribution in [0.2, 0.25) is 0 Å². The molecule has 0 atom stereocenters. The molecule has 0 bridgehead atoms. The van der Waals surface area contributed by atoms with Gasteiger partial charge < -0.3 is 10.3 Å². The van der Waals surface area contributed by atoms with Gasteiger partial charge in [-0.05, 0) is 0 Å². The Balaban J connectivity index is 1.97. The Morgan fingerprint density at radius 3 is 3.08 bits per heavy atom. The topological polar surface area (TPSA) is 71.4 Å². The third-order valence-electron chi connectivity index (χ3n) is 1.77.